The van der Waals surface area contributed by atoms with Crippen molar-refractivity contribution < 1.29 is 21.5 Å². The van der Waals surface area contributed by atoms with Crippen molar-refractivity contribution in [3.05, 3.63) is 35.9 Å². The fourth-order valence-corrected chi connectivity index (χ4v) is 4.28. The average Bonchev–Trinajstić information content (AvgIpc) is 2.71. The second kappa shape index (κ2) is 18.7. The van der Waals surface area contributed by atoms with E-state index in [4.69, 9.17) is 0 Å². The topological polar surface area (TPSA) is 0 Å². The Morgan fingerprint density at radius 3 is 1.43 bits per heavy atom. The second-order valence-corrected chi connectivity index (χ2v) is 8.58. The van der Waals surface area contributed by atoms with E-state index in [9.17, 15) is 0 Å². The summed E-state index contributed by atoms with van der Waals surface area (Å²) >= 11 is 0. The molecule has 1 aromatic rings. The van der Waals surface area contributed by atoms with Crippen LogP contribution in [0.2, 0.25) is 0 Å². The molecule has 0 saturated heterocycles. The molecule has 0 atom stereocenters. The minimum absolute atomic E-state index is 0. The highest BCUT2D eigenvalue weighted by Gasteiger charge is 2.22. The predicted octanol–water partition coefficient (Wildman–Crippen LogP) is 5.14. The summed E-state index contributed by atoms with van der Waals surface area (Å²) in [5.41, 5.74) is 1.50. The number of rotatable bonds is 18. The summed E-state index contributed by atoms with van der Waals surface area (Å²) in [6.45, 7) is 12.1. The minimum Gasteiger partial charge on any atom is -1.00 e. The third-order valence-electron chi connectivity index (χ3n) is 6.44. The first-order valence-corrected chi connectivity index (χ1v) is 12.2. The SMILES string of the molecule is CCCCCCCCCCCCCCC[N+](CC)(CC)Cc1ccccc1.[Br-]. The first-order chi connectivity index (χ1) is 13.3. The molecule has 0 N–H and O–H groups in total. The van der Waals surface area contributed by atoms with Crippen LogP contribution in [0.1, 0.15) is 110 Å². The van der Waals surface area contributed by atoms with Gasteiger partial charge in [0.25, 0.3) is 0 Å². The highest BCUT2D eigenvalue weighted by Crippen LogP contribution is 2.18. The van der Waals surface area contributed by atoms with Crippen LogP contribution >= 0.6 is 0 Å². The van der Waals surface area contributed by atoms with Crippen LogP contribution in [0.15, 0.2) is 30.3 Å². The van der Waals surface area contributed by atoms with Crippen LogP contribution in [-0.2, 0) is 6.54 Å². The van der Waals surface area contributed by atoms with Crippen LogP contribution < -0.4 is 17.0 Å². The summed E-state index contributed by atoms with van der Waals surface area (Å²) in [5.74, 6) is 0. The fraction of sp³-hybridized carbons (Fsp3) is 0.769. The zero-order chi connectivity index (χ0) is 19.6. The van der Waals surface area contributed by atoms with Crippen molar-refractivity contribution >= 4 is 0 Å². The van der Waals surface area contributed by atoms with E-state index in [1.165, 1.54) is 120 Å². The molecule has 1 nitrogen and oxygen atoms in total. The van der Waals surface area contributed by atoms with E-state index in [1.54, 1.807) is 0 Å². The Labute approximate surface area is 187 Å². The lowest BCUT2D eigenvalue weighted by Gasteiger charge is -2.37. The van der Waals surface area contributed by atoms with Gasteiger partial charge in [-0.05, 0) is 26.7 Å². The molecule has 0 radical (unpaired) electrons. The van der Waals surface area contributed by atoms with Gasteiger partial charge in [0.05, 0.1) is 19.6 Å². The smallest absolute Gasteiger partial charge is 0.104 e. The van der Waals surface area contributed by atoms with Gasteiger partial charge >= 0.3 is 0 Å². The third-order valence-corrected chi connectivity index (χ3v) is 6.44. The number of benzene rings is 1. The lowest BCUT2D eigenvalue weighted by atomic mass is 10.0. The Balaban J connectivity index is 0.00000729. The molecule has 0 unspecified atom stereocenters. The Morgan fingerprint density at radius 1 is 0.571 bits per heavy atom. The van der Waals surface area contributed by atoms with Gasteiger partial charge in [-0.1, -0.05) is 108 Å². The fourth-order valence-electron chi connectivity index (χ4n) is 4.28. The van der Waals surface area contributed by atoms with E-state index in [2.05, 4.69) is 51.1 Å². The van der Waals surface area contributed by atoms with Gasteiger partial charge in [-0.15, -0.1) is 0 Å². The van der Waals surface area contributed by atoms with E-state index in [-0.39, 0.29) is 17.0 Å². The average molecular weight is 455 g/mol. The molecule has 0 aromatic heterocycles. The molecule has 0 fully saturated rings. The van der Waals surface area contributed by atoms with Crippen molar-refractivity contribution in [2.45, 2.75) is 111 Å². The predicted molar refractivity (Wildman–Crippen MR) is 122 cm³/mol. The molecule has 0 heterocycles. The lowest BCUT2D eigenvalue weighted by Crippen LogP contribution is -3.00. The molecular weight excluding hydrogens is 406 g/mol. The van der Waals surface area contributed by atoms with Gasteiger partial charge in [0.1, 0.15) is 6.54 Å². The first-order valence-electron chi connectivity index (χ1n) is 12.2. The highest BCUT2D eigenvalue weighted by molar-refractivity contribution is 5.13. The molecule has 1 rings (SSSR count). The third kappa shape index (κ3) is 13.0. The van der Waals surface area contributed by atoms with Crippen LogP contribution in [0, 0.1) is 0 Å². The number of quaternary nitrogens is 1. The highest BCUT2D eigenvalue weighted by atomic mass is 79.9. The van der Waals surface area contributed by atoms with Crippen LogP contribution in [0.5, 0.6) is 0 Å². The maximum atomic E-state index is 2.37. The van der Waals surface area contributed by atoms with Crippen molar-refractivity contribution in [1.82, 2.24) is 0 Å². The maximum Gasteiger partial charge on any atom is 0.104 e. The number of nitrogens with zero attached hydrogens (tertiary/aromatic N) is 1. The van der Waals surface area contributed by atoms with Gasteiger partial charge in [-0.25, -0.2) is 0 Å². The van der Waals surface area contributed by atoms with E-state index < -0.39 is 0 Å². The molecular formula is C26H48BrN. The van der Waals surface area contributed by atoms with E-state index in [1.807, 2.05) is 0 Å². The van der Waals surface area contributed by atoms with Crippen molar-refractivity contribution in [2.75, 3.05) is 19.6 Å². The number of hydrogen-bond donors (Lipinski definition) is 0. The quantitative estimate of drug-likeness (QED) is 0.213. The van der Waals surface area contributed by atoms with Crippen molar-refractivity contribution in [3.8, 4) is 0 Å². The van der Waals surface area contributed by atoms with E-state index in [0.29, 0.717) is 0 Å². The van der Waals surface area contributed by atoms with Crippen molar-refractivity contribution in [2.24, 2.45) is 0 Å². The van der Waals surface area contributed by atoms with Crippen LogP contribution in [-0.4, -0.2) is 24.1 Å². The molecule has 28 heavy (non-hydrogen) atoms. The zero-order valence-electron chi connectivity index (χ0n) is 19.2. The van der Waals surface area contributed by atoms with E-state index >= 15 is 0 Å². The first kappa shape index (κ1) is 27.7. The molecule has 0 amide bonds. The number of hydrogen-bond acceptors (Lipinski definition) is 0. The monoisotopic (exact) mass is 453 g/mol. The normalized spacial score (nSPS) is 11.4. The molecule has 0 saturated carbocycles. The van der Waals surface area contributed by atoms with Crippen molar-refractivity contribution in [3.63, 3.8) is 0 Å². The second-order valence-electron chi connectivity index (χ2n) is 8.58. The largest absolute Gasteiger partial charge is 1.00 e. The summed E-state index contributed by atoms with van der Waals surface area (Å²) in [6.07, 6.45) is 18.7. The molecule has 0 aliphatic heterocycles. The molecule has 0 aliphatic rings. The summed E-state index contributed by atoms with van der Waals surface area (Å²) < 4.78 is 1.25. The molecule has 164 valence electrons. The van der Waals surface area contributed by atoms with Gasteiger partial charge in [0.2, 0.25) is 0 Å². The Bertz CT molecular complexity index is 427. The van der Waals surface area contributed by atoms with Gasteiger partial charge in [0, 0.05) is 5.56 Å². The Morgan fingerprint density at radius 2 is 1.00 bits per heavy atom. The summed E-state index contributed by atoms with van der Waals surface area (Å²) in [6, 6.07) is 11.1. The van der Waals surface area contributed by atoms with Gasteiger partial charge in [0.15, 0.2) is 0 Å². The van der Waals surface area contributed by atoms with Crippen molar-refractivity contribution in [1.29, 1.82) is 0 Å². The Hall–Kier alpha value is -0.340. The summed E-state index contributed by atoms with van der Waals surface area (Å²) in [4.78, 5) is 0. The van der Waals surface area contributed by atoms with Crippen LogP contribution in [0.25, 0.3) is 0 Å². The summed E-state index contributed by atoms with van der Waals surface area (Å²) in [5, 5.41) is 0. The molecule has 0 bridgehead atoms. The Kier molecular flexibility index (Phi) is 18.4. The van der Waals surface area contributed by atoms with E-state index in [0.717, 1.165) is 0 Å². The molecule has 0 aliphatic carbocycles. The lowest BCUT2D eigenvalue weighted by molar-refractivity contribution is -0.938. The van der Waals surface area contributed by atoms with Gasteiger partial charge < -0.3 is 21.5 Å². The summed E-state index contributed by atoms with van der Waals surface area (Å²) in [7, 11) is 0. The number of halogens is 1. The zero-order valence-corrected chi connectivity index (χ0v) is 20.8. The number of unbranched alkanes of at least 4 members (excludes halogenated alkanes) is 12. The maximum absolute atomic E-state index is 2.37. The van der Waals surface area contributed by atoms with Crippen LogP contribution in [0.3, 0.4) is 0 Å². The molecule has 1 aromatic carbocycles. The molecule has 2 heteroatoms. The standard InChI is InChI=1S/C26H48N.BrH/c1-4-7-8-9-10-11-12-13-14-15-16-17-21-24-27(5-2,6-3)25-26-22-19-18-20-23-26;/h18-20,22-23H,4-17,21,24-25H2,1-3H3;1H/q+1;/p-1. The minimum atomic E-state index is 0. The van der Waals surface area contributed by atoms with Gasteiger partial charge in [-0.2, -0.15) is 0 Å². The molecule has 0 spiro atoms. The van der Waals surface area contributed by atoms with Crippen LogP contribution in [0.4, 0.5) is 0 Å². The van der Waals surface area contributed by atoms with Gasteiger partial charge in [-0.3, -0.25) is 0 Å².